The molecule has 6 nitrogen and oxygen atoms in total. The van der Waals surface area contributed by atoms with Crippen LogP contribution in [0.4, 0.5) is 0 Å². The summed E-state index contributed by atoms with van der Waals surface area (Å²) in [5.74, 6) is 4.61. The average Bonchev–Trinajstić information content (AvgIpc) is 3.25. The highest BCUT2D eigenvalue weighted by molar-refractivity contribution is 14.0. The summed E-state index contributed by atoms with van der Waals surface area (Å²) >= 11 is 0. The molecule has 0 aromatic carbocycles. The molecule has 4 bridgehead atoms. The Morgan fingerprint density at radius 1 is 1.00 bits per heavy atom. The van der Waals surface area contributed by atoms with Crippen LogP contribution in [0.1, 0.15) is 44.9 Å². The minimum absolute atomic E-state index is 0. The smallest absolute Gasteiger partial charge is 0.191 e. The van der Waals surface area contributed by atoms with Gasteiger partial charge in [-0.3, -0.25) is 9.89 Å². The van der Waals surface area contributed by atoms with E-state index in [1.807, 2.05) is 7.05 Å². The number of ether oxygens (including phenoxy) is 2. The van der Waals surface area contributed by atoms with E-state index in [4.69, 9.17) is 9.47 Å². The second-order valence-corrected chi connectivity index (χ2v) is 10.6. The molecule has 6 fully saturated rings. The van der Waals surface area contributed by atoms with Crippen LogP contribution >= 0.6 is 24.0 Å². The fraction of sp³-hybridized carbons (Fsp3) is 0.957. The van der Waals surface area contributed by atoms with E-state index in [-0.39, 0.29) is 24.0 Å². The molecule has 2 atom stereocenters. The highest BCUT2D eigenvalue weighted by atomic mass is 127. The van der Waals surface area contributed by atoms with Gasteiger partial charge < -0.3 is 20.1 Å². The number of morpholine rings is 1. The second-order valence-electron chi connectivity index (χ2n) is 10.6. The third-order valence-corrected chi connectivity index (χ3v) is 8.52. The van der Waals surface area contributed by atoms with Crippen molar-refractivity contribution < 1.29 is 9.47 Å². The maximum atomic E-state index is 5.72. The van der Waals surface area contributed by atoms with Crippen LogP contribution < -0.4 is 10.6 Å². The van der Waals surface area contributed by atoms with Gasteiger partial charge in [-0.1, -0.05) is 0 Å². The van der Waals surface area contributed by atoms with Crippen molar-refractivity contribution >= 4 is 29.9 Å². The molecular formula is C23H41IN4O2. The average molecular weight is 533 g/mol. The Hall–Kier alpha value is -0.120. The minimum Gasteiger partial charge on any atom is -0.381 e. The lowest BCUT2D eigenvalue weighted by atomic mass is 9.49. The standard InChI is InChI=1S/C23H40N4O2.HI/c1-24-22(26-16-23-11-17-8-18(12-23)10-19(9-17)13-23)25-14-21(20-2-5-29-15-20)27-3-6-28-7-4-27;/h17-21H,2-16H2,1H3,(H2,24,25,26);1H. The molecule has 2 saturated heterocycles. The van der Waals surface area contributed by atoms with Crippen molar-refractivity contribution in [1.82, 2.24) is 15.5 Å². The van der Waals surface area contributed by atoms with E-state index in [9.17, 15) is 0 Å². The lowest BCUT2D eigenvalue weighted by Gasteiger charge is -2.57. The molecule has 4 saturated carbocycles. The number of nitrogens with one attached hydrogen (secondary N) is 2. The Kier molecular flexibility index (Phi) is 7.85. The molecule has 0 spiro atoms. The number of hydrogen-bond acceptors (Lipinski definition) is 4. The molecule has 2 unspecified atom stereocenters. The maximum absolute atomic E-state index is 5.72. The molecule has 6 aliphatic rings. The normalized spacial score (nSPS) is 39.6. The van der Waals surface area contributed by atoms with Gasteiger partial charge in [0, 0.05) is 51.8 Å². The number of nitrogens with zero attached hydrogens (tertiary/aromatic N) is 2. The van der Waals surface area contributed by atoms with E-state index in [0.29, 0.717) is 17.4 Å². The number of hydrogen-bond donors (Lipinski definition) is 2. The summed E-state index contributed by atoms with van der Waals surface area (Å²) in [6.07, 6.45) is 10.0. The zero-order valence-electron chi connectivity index (χ0n) is 18.6. The monoisotopic (exact) mass is 532 g/mol. The van der Waals surface area contributed by atoms with Crippen LogP contribution in [0.25, 0.3) is 0 Å². The molecule has 0 amide bonds. The largest absolute Gasteiger partial charge is 0.381 e. The van der Waals surface area contributed by atoms with Crippen LogP contribution in [0, 0.1) is 29.1 Å². The summed E-state index contributed by atoms with van der Waals surface area (Å²) in [5, 5.41) is 7.42. The first-order valence-electron chi connectivity index (χ1n) is 12.1. The lowest BCUT2D eigenvalue weighted by molar-refractivity contribution is -0.0492. The Morgan fingerprint density at radius 2 is 1.67 bits per heavy atom. The molecule has 172 valence electrons. The molecule has 2 heterocycles. The van der Waals surface area contributed by atoms with Crippen LogP contribution in [0.15, 0.2) is 4.99 Å². The summed E-state index contributed by atoms with van der Waals surface area (Å²) in [4.78, 5) is 7.17. The van der Waals surface area contributed by atoms with Crippen molar-refractivity contribution in [2.75, 3.05) is 59.7 Å². The van der Waals surface area contributed by atoms with Crippen LogP contribution in [0.3, 0.4) is 0 Å². The van der Waals surface area contributed by atoms with E-state index in [1.54, 1.807) is 0 Å². The summed E-state index contributed by atoms with van der Waals surface area (Å²) in [5.41, 5.74) is 0.537. The SMILES string of the molecule is CN=C(NCC(C1CCOC1)N1CCOCC1)NCC12CC3CC(CC(C3)C1)C2.I. The Balaban J connectivity index is 0.00000218. The highest BCUT2D eigenvalue weighted by Gasteiger charge is 2.50. The summed E-state index contributed by atoms with van der Waals surface area (Å²) in [6.45, 7) is 7.60. The number of aliphatic imine (C=N–C) groups is 1. The lowest BCUT2D eigenvalue weighted by Crippen LogP contribution is -2.55. The molecule has 7 heteroatoms. The fourth-order valence-electron chi connectivity index (χ4n) is 7.56. The molecule has 2 aliphatic heterocycles. The van der Waals surface area contributed by atoms with Gasteiger partial charge in [0.1, 0.15) is 0 Å². The van der Waals surface area contributed by atoms with Gasteiger partial charge in [-0.05, 0) is 68.1 Å². The predicted molar refractivity (Wildman–Crippen MR) is 130 cm³/mol. The fourth-order valence-corrected chi connectivity index (χ4v) is 7.56. The van der Waals surface area contributed by atoms with Gasteiger partial charge in [0.2, 0.25) is 0 Å². The van der Waals surface area contributed by atoms with Gasteiger partial charge in [0.05, 0.1) is 19.8 Å². The molecular weight excluding hydrogens is 491 g/mol. The Labute approximate surface area is 199 Å². The summed E-state index contributed by atoms with van der Waals surface area (Å²) < 4.78 is 11.3. The number of halogens is 1. The topological polar surface area (TPSA) is 58.1 Å². The minimum atomic E-state index is 0. The Morgan fingerprint density at radius 3 is 2.23 bits per heavy atom. The van der Waals surface area contributed by atoms with E-state index in [2.05, 4.69) is 20.5 Å². The van der Waals surface area contributed by atoms with E-state index < -0.39 is 0 Å². The van der Waals surface area contributed by atoms with E-state index >= 15 is 0 Å². The molecule has 0 aromatic rings. The van der Waals surface area contributed by atoms with Crippen LogP contribution in [0.2, 0.25) is 0 Å². The van der Waals surface area contributed by atoms with E-state index in [1.165, 1.54) is 44.9 Å². The van der Waals surface area contributed by atoms with Crippen molar-refractivity contribution in [3.8, 4) is 0 Å². The third-order valence-electron chi connectivity index (χ3n) is 8.52. The van der Waals surface area contributed by atoms with Crippen LogP contribution in [-0.2, 0) is 9.47 Å². The predicted octanol–water partition coefficient (Wildman–Crippen LogP) is 2.72. The number of rotatable bonds is 6. The Bertz CT molecular complexity index is 554. The van der Waals surface area contributed by atoms with E-state index in [0.717, 1.165) is 76.3 Å². The first-order chi connectivity index (χ1) is 14.2. The zero-order valence-corrected chi connectivity index (χ0v) is 20.9. The maximum Gasteiger partial charge on any atom is 0.191 e. The van der Waals surface area contributed by atoms with Crippen LogP contribution in [-0.4, -0.2) is 76.6 Å². The first-order valence-corrected chi connectivity index (χ1v) is 12.1. The van der Waals surface area contributed by atoms with Crippen molar-refractivity contribution in [3.05, 3.63) is 0 Å². The van der Waals surface area contributed by atoms with Crippen LogP contribution in [0.5, 0.6) is 0 Å². The van der Waals surface area contributed by atoms with Gasteiger partial charge in [0.15, 0.2) is 5.96 Å². The van der Waals surface area contributed by atoms with Crippen molar-refractivity contribution in [1.29, 1.82) is 0 Å². The summed E-state index contributed by atoms with van der Waals surface area (Å²) in [6, 6.07) is 0.500. The molecule has 2 N–H and O–H groups in total. The molecule has 4 aliphatic carbocycles. The van der Waals surface area contributed by atoms with Gasteiger partial charge in [-0.15, -0.1) is 24.0 Å². The van der Waals surface area contributed by atoms with Gasteiger partial charge in [-0.2, -0.15) is 0 Å². The second kappa shape index (κ2) is 10.2. The molecule has 30 heavy (non-hydrogen) atoms. The van der Waals surface area contributed by atoms with Crippen molar-refractivity contribution in [2.45, 2.75) is 51.0 Å². The molecule has 6 rings (SSSR count). The van der Waals surface area contributed by atoms with Gasteiger partial charge in [0.25, 0.3) is 0 Å². The van der Waals surface area contributed by atoms with Gasteiger partial charge >= 0.3 is 0 Å². The molecule has 0 radical (unpaired) electrons. The van der Waals surface area contributed by atoms with Crippen molar-refractivity contribution in [3.63, 3.8) is 0 Å². The van der Waals surface area contributed by atoms with Crippen molar-refractivity contribution in [2.24, 2.45) is 34.1 Å². The first kappa shape index (κ1) is 23.1. The molecule has 0 aromatic heterocycles. The quantitative estimate of drug-likeness (QED) is 0.313. The summed E-state index contributed by atoms with van der Waals surface area (Å²) in [7, 11) is 1.91. The third kappa shape index (κ3) is 5.09. The van der Waals surface area contributed by atoms with Gasteiger partial charge in [-0.25, -0.2) is 0 Å². The zero-order chi connectivity index (χ0) is 19.7. The number of guanidine groups is 1. The highest BCUT2D eigenvalue weighted by Crippen LogP contribution is 2.59.